The maximum atomic E-state index is 12.2. The van der Waals surface area contributed by atoms with Gasteiger partial charge in [-0.2, -0.15) is 0 Å². The number of carbonyl (C=O) groups excluding carboxylic acids is 1. The van der Waals surface area contributed by atoms with Crippen LogP contribution in [0.15, 0.2) is 65.3 Å². The second kappa shape index (κ2) is 9.91. The summed E-state index contributed by atoms with van der Waals surface area (Å²) < 4.78 is 11.1. The molecule has 3 aromatic rings. The third-order valence-corrected chi connectivity index (χ3v) is 5.25. The molecule has 0 spiro atoms. The molecule has 1 saturated heterocycles. The molecular formula is C23H26N4O3. The van der Waals surface area contributed by atoms with Gasteiger partial charge in [0.25, 0.3) is 5.91 Å². The lowest BCUT2D eigenvalue weighted by molar-refractivity contribution is -0.123. The van der Waals surface area contributed by atoms with E-state index in [1.807, 2.05) is 36.4 Å². The van der Waals surface area contributed by atoms with Crippen molar-refractivity contribution < 1.29 is 13.9 Å². The molecule has 1 unspecified atom stereocenters. The minimum atomic E-state index is -0.188. The van der Waals surface area contributed by atoms with Crippen LogP contribution in [0, 0.1) is 0 Å². The Hall–Kier alpha value is -3.35. The average Bonchev–Trinajstić information content (AvgIpc) is 3.51. The minimum absolute atomic E-state index is 0.0888. The lowest BCUT2D eigenvalue weighted by atomic mass is 9.93. The van der Waals surface area contributed by atoms with E-state index in [4.69, 9.17) is 9.15 Å². The molecule has 1 aromatic carbocycles. The number of aromatic nitrogens is 2. The van der Waals surface area contributed by atoms with Crippen LogP contribution in [0.25, 0.3) is 0 Å². The quantitative estimate of drug-likeness (QED) is 0.587. The van der Waals surface area contributed by atoms with Crippen molar-refractivity contribution in [2.24, 2.45) is 0 Å². The van der Waals surface area contributed by atoms with Crippen molar-refractivity contribution in [1.82, 2.24) is 15.5 Å². The van der Waals surface area contributed by atoms with E-state index < -0.39 is 0 Å². The molecule has 1 aliphatic heterocycles. The van der Waals surface area contributed by atoms with E-state index in [2.05, 4.69) is 32.5 Å². The van der Waals surface area contributed by atoms with E-state index in [1.54, 1.807) is 12.3 Å². The van der Waals surface area contributed by atoms with Crippen LogP contribution in [-0.4, -0.2) is 42.3 Å². The summed E-state index contributed by atoms with van der Waals surface area (Å²) in [5.41, 5.74) is 1.16. The number of benzene rings is 1. The van der Waals surface area contributed by atoms with Crippen LogP contribution in [0.5, 0.6) is 5.88 Å². The van der Waals surface area contributed by atoms with E-state index in [-0.39, 0.29) is 18.4 Å². The van der Waals surface area contributed by atoms with Crippen LogP contribution in [0.2, 0.25) is 0 Å². The highest BCUT2D eigenvalue weighted by Gasteiger charge is 2.17. The van der Waals surface area contributed by atoms with Crippen molar-refractivity contribution in [1.29, 1.82) is 0 Å². The zero-order valence-electron chi connectivity index (χ0n) is 16.9. The molecule has 30 heavy (non-hydrogen) atoms. The molecule has 1 amide bonds. The number of nitrogens with one attached hydrogen (secondary N) is 1. The Bertz CT molecular complexity index is 907. The summed E-state index contributed by atoms with van der Waals surface area (Å²) in [6, 6.07) is 17.6. The smallest absolute Gasteiger partial charge is 0.258 e. The predicted octanol–water partition coefficient (Wildman–Crippen LogP) is 3.39. The first-order valence-electron chi connectivity index (χ1n) is 10.4. The predicted molar refractivity (Wildman–Crippen MR) is 114 cm³/mol. The third kappa shape index (κ3) is 5.17. The molecule has 0 aliphatic carbocycles. The second-order valence-corrected chi connectivity index (χ2v) is 7.33. The molecule has 7 heteroatoms. The number of furan rings is 1. The van der Waals surface area contributed by atoms with Crippen LogP contribution in [0.3, 0.4) is 0 Å². The van der Waals surface area contributed by atoms with E-state index in [1.165, 1.54) is 12.8 Å². The standard InChI is InChI=1S/C23H26N4O3/c28-22(17-30-23-11-10-21(25-26-23)27-14-4-5-15-27)24-13-12-19(20-9-6-16-29-20)18-7-2-1-3-8-18/h1-3,6-11,16,19H,4-5,12-15,17H2,(H,24,28). The van der Waals surface area contributed by atoms with Gasteiger partial charge in [0.15, 0.2) is 12.4 Å². The van der Waals surface area contributed by atoms with Crippen molar-refractivity contribution in [2.45, 2.75) is 25.2 Å². The Labute approximate surface area is 176 Å². The molecule has 0 saturated carbocycles. The van der Waals surface area contributed by atoms with E-state index in [9.17, 15) is 4.79 Å². The average molecular weight is 406 g/mol. The van der Waals surface area contributed by atoms with Gasteiger partial charge in [0.05, 0.1) is 6.26 Å². The highest BCUT2D eigenvalue weighted by atomic mass is 16.5. The molecule has 1 fully saturated rings. The highest BCUT2D eigenvalue weighted by molar-refractivity contribution is 5.77. The summed E-state index contributed by atoms with van der Waals surface area (Å²) in [5, 5.41) is 11.2. The fraction of sp³-hybridized carbons (Fsp3) is 0.348. The number of hydrogen-bond acceptors (Lipinski definition) is 6. The normalized spacial score (nSPS) is 14.5. The summed E-state index contributed by atoms with van der Waals surface area (Å²) in [6.45, 7) is 2.45. The van der Waals surface area contributed by atoms with Gasteiger partial charge in [-0.15, -0.1) is 10.2 Å². The molecular weight excluding hydrogens is 380 g/mol. The molecule has 4 rings (SSSR count). The van der Waals surface area contributed by atoms with Gasteiger partial charge in [-0.25, -0.2) is 0 Å². The summed E-state index contributed by atoms with van der Waals surface area (Å²) in [7, 11) is 0. The lowest BCUT2D eigenvalue weighted by Gasteiger charge is -2.16. The van der Waals surface area contributed by atoms with Gasteiger partial charge in [0, 0.05) is 31.6 Å². The largest absolute Gasteiger partial charge is 0.469 e. The molecule has 1 aliphatic rings. The van der Waals surface area contributed by atoms with Crippen LogP contribution >= 0.6 is 0 Å². The van der Waals surface area contributed by atoms with Gasteiger partial charge in [-0.1, -0.05) is 30.3 Å². The fourth-order valence-corrected chi connectivity index (χ4v) is 3.70. The Balaban J connectivity index is 1.24. The molecule has 1 atom stereocenters. The van der Waals surface area contributed by atoms with Crippen molar-refractivity contribution in [3.8, 4) is 5.88 Å². The Kier molecular flexibility index (Phi) is 6.59. The highest BCUT2D eigenvalue weighted by Crippen LogP contribution is 2.27. The number of ether oxygens (including phenoxy) is 1. The minimum Gasteiger partial charge on any atom is -0.469 e. The first kappa shape index (κ1) is 19.9. The van der Waals surface area contributed by atoms with E-state index in [0.29, 0.717) is 12.4 Å². The number of carbonyl (C=O) groups is 1. The first-order valence-corrected chi connectivity index (χ1v) is 10.4. The molecule has 1 N–H and O–H groups in total. The van der Waals surface area contributed by atoms with E-state index in [0.717, 1.165) is 36.7 Å². The van der Waals surface area contributed by atoms with E-state index >= 15 is 0 Å². The second-order valence-electron chi connectivity index (χ2n) is 7.33. The van der Waals surface area contributed by atoms with Crippen molar-refractivity contribution in [3.63, 3.8) is 0 Å². The van der Waals surface area contributed by atoms with Gasteiger partial charge >= 0.3 is 0 Å². The van der Waals surface area contributed by atoms with Crippen LogP contribution < -0.4 is 15.0 Å². The molecule has 0 radical (unpaired) electrons. The van der Waals surface area contributed by atoms with Crippen LogP contribution in [-0.2, 0) is 4.79 Å². The Morgan fingerprint density at radius 2 is 1.90 bits per heavy atom. The number of rotatable bonds is 9. The SMILES string of the molecule is O=C(COc1ccc(N2CCCC2)nn1)NCCC(c1ccccc1)c1ccco1. The number of anilines is 1. The number of hydrogen-bond donors (Lipinski definition) is 1. The zero-order chi connectivity index (χ0) is 20.6. The summed E-state index contributed by atoms with van der Waals surface area (Å²) in [5.74, 6) is 2.00. The van der Waals surface area contributed by atoms with Crippen LogP contribution in [0.4, 0.5) is 5.82 Å². The van der Waals surface area contributed by atoms with Gasteiger partial charge in [0.2, 0.25) is 5.88 Å². The number of nitrogens with zero attached hydrogens (tertiary/aromatic N) is 3. The number of amides is 1. The van der Waals surface area contributed by atoms with Crippen LogP contribution in [0.1, 0.15) is 36.5 Å². The van der Waals surface area contributed by atoms with Crippen molar-refractivity contribution >= 4 is 11.7 Å². The third-order valence-electron chi connectivity index (χ3n) is 5.25. The summed E-state index contributed by atoms with van der Waals surface area (Å²) in [4.78, 5) is 14.4. The maximum Gasteiger partial charge on any atom is 0.258 e. The molecule has 3 heterocycles. The molecule has 156 valence electrons. The molecule has 0 bridgehead atoms. The zero-order valence-corrected chi connectivity index (χ0v) is 16.9. The van der Waals surface area contributed by atoms with Gasteiger partial charge in [0.1, 0.15) is 5.76 Å². The van der Waals surface area contributed by atoms with Gasteiger partial charge in [-0.3, -0.25) is 4.79 Å². The topological polar surface area (TPSA) is 80.5 Å². The van der Waals surface area contributed by atoms with Gasteiger partial charge in [-0.05, 0) is 43.0 Å². The lowest BCUT2D eigenvalue weighted by Crippen LogP contribution is -2.30. The van der Waals surface area contributed by atoms with Crippen molar-refractivity contribution in [2.75, 3.05) is 31.1 Å². The van der Waals surface area contributed by atoms with Gasteiger partial charge < -0.3 is 19.4 Å². The molecule has 2 aromatic heterocycles. The Morgan fingerprint density at radius 1 is 1.07 bits per heavy atom. The monoisotopic (exact) mass is 406 g/mol. The fourth-order valence-electron chi connectivity index (χ4n) is 3.70. The molecule has 7 nitrogen and oxygen atoms in total. The first-order chi connectivity index (χ1) is 14.8. The summed E-state index contributed by atoms with van der Waals surface area (Å²) >= 11 is 0. The Morgan fingerprint density at radius 3 is 2.60 bits per heavy atom. The summed E-state index contributed by atoms with van der Waals surface area (Å²) in [6.07, 6.45) is 4.78. The maximum absolute atomic E-state index is 12.2. The van der Waals surface area contributed by atoms with Crippen molar-refractivity contribution in [3.05, 3.63) is 72.2 Å².